The van der Waals surface area contributed by atoms with E-state index in [2.05, 4.69) is 6.92 Å². The van der Waals surface area contributed by atoms with Gasteiger partial charge in [-0.25, -0.2) is 4.79 Å². The monoisotopic (exact) mass is 321 g/mol. The van der Waals surface area contributed by atoms with Crippen LogP contribution in [0.2, 0.25) is 0 Å². The van der Waals surface area contributed by atoms with Crippen LogP contribution in [-0.4, -0.2) is 52.0 Å². The van der Waals surface area contributed by atoms with Crippen molar-refractivity contribution in [3.05, 3.63) is 0 Å². The lowest BCUT2D eigenvalue weighted by Crippen LogP contribution is -2.39. The first-order valence-electron chi connectivity index (χ1n) is 7.68. The standard InChI is InChI=1S/C14H27NO5S/c1-3-4-11-19-14(16)15-9-7-13(8-10-15)6-5-12-20-21(2,17)18/h13H,3-12H2,1-2H3. The second-order valence-electron chi connectivity index (χ2n) is 5.57. The van der Waals surface area contributed by atoms with Crippen molar-refractivity contribution in [3.8, 4) is 0 Å². The van der Waals surface area contributed by atoms with Gasteiger partial charge in [-0.1, -0.05) is 13.3 Å². The number of carbonyl (C=O) groups is 1. The summed E-state index contributed by atoms with van der Waals surface area (Å²) in [6, 6.07) is 0. The van der Waals surface area contributed by atoms with Crippen LogP contribution in [0.1, 0.15) is 45.4 Å². The molecule has 0 N–H and O–H groups in total. The van der Waals surface area contributed by atoms with Crippen LogP contribution >= 0.6 is 0 Å². The highest BCUT2D eigenvalue weighted by atomic mass is 32.2. The van der Waals surface area contributed by atoms with Crippen molar-refractivity contribution in [2.75, 3.05) is 32.6 Å². The van der Waals surface area contributed by atoms with Gasteiger partial charge in [0.15, 0.2) is 0 Å². The average molecular weight is 321 g/mol. The fraction of sp³-hybridized carbons (Fsp3) is 0.929. The van der Waals surface area contributed by atoms with Crippen LogP contribution in [0.3, 0.4) is 0 Å². The Morgan fingerprint density at radius 2 is 1.86 bits per heavy atom. The van der Waals surface area contributed by atoms with Gasteiger partial charge in [0.1, 0.15) is 0 Å². The zero-order valence-corrected chi connectivity index (χ0v) is 13.9. The molecule has 0 aromatic carbocycles. The van der Waals surface area contributed by atoms with Crippen LogP contribution < -0.4 is 0 Å². The molecular weight excluding hydrogens is 294 g/mol. The summed E-state index contributed by atoms with van der Waals surface area (Å²) < 4.78 is 31.6. The van der Waals surface area contributed by atoms with Crippen LogP contribution in [0, 0.1) is 5.92 Å². The summed E-state index contributed by atoms with van der Waals surface area (Å²) in [5.41, 5.74) is 0. The van der Waals surface area contributed by atoms with Crippen LogP contribution in [0.4, 0.5) is 4.79 Å². The smallest absolute Gasteiger partial charge is 0.409 e. The van der Waals surface area contributed by atoms with Crippen molar-refractivity contribution in [1.29, 1.82) is 0 Å². The molecule has 1 aliphatic heterocycles. The SMILES string of the molecule is CCCCOC(=O)N1CCC(CCCOS(C)(=O)=O)CC1. The molecule has 0 aromatic heterocycles. The maximum atomic E-state index is 11.8. The molecule has 1 amide bonds. The molecule has 0 saturated carbocycles. The third-order valence-corrected chi connectivity index (χ3v) is 4.25. The Morgan fingerprint density at radius 1 is 1.19 bits per heavy atom. The largest absolute Gasteiger partial charge is 0.449 e. The van der Waals surface area contributed by atoms with E-state index < -0.39 is 10.1 Å². The topological polar surface area (TPSA) is 72.9 Å². The maximum Gasteiger partial charge on any atom is 0.409 e. The molecule has 6 nitrogen and oxygen atoms in total. The number of unbranched alkanes of at least 4 members (excludes halogenated alkanes) is 1. The van der Waals surface area contributed by atoms with Gasteiger partial charge in [-0.15, -0.1) is 0 Å². The first-order valence-corrected chi connectivity index (χ1v) is 9.50. The number of carbonyl (C=O) groups excluding carboxylic acids is 1. The average Bonchev–Trinajstić information content (AvgIpc) is 2.43. The van der Waals surface area contributed by atoms with E-state index in [1.807, 2.05) is 0 Å². The molecular formula is C14H27NO5S. The second kappa shape index (κ2) is 9.25. The van der Waals surface area contributed by atoms with Crippen molar-refractivity contribution in [2.45, 2.75) is 45.4 Å². The predicted molar refractivity (Wildman–Crippen MR) is 80.6 cm³/mol. The van der Waals surface area contributed by atoms with Crippen molar-refractivity contribution >= 4 is 16.2 Å². The van der Waals surface area contributed by atoms with Gasteiger partial charge in [0.2, 0.25) is 0 Å². The van der Waals surface area contributed by atoms with E-state index in [0.717, 1.165) is 57.9 Å². The molecule has 0 radical (unpaired) electrons. The Kier molecular flexibility index (Phi) is 8.03. The maximum absolute atomic E-state index is 11.8. The molecule has 0 unspecified atom stereocenters. The Bertz CT molecular complexity index is 402. The first-order chi connectivity index (χ1) is 9.92. The lowest BCUT2D eigenvalue weighted by molar-refractivity contribution is 0.0852. The molecule has 1 aliphatic rings. The van der Waals surface area contributed by atoms with Gasteiger partial charge in [0.05, 0.1) is 19.5 Å². The number of piperidine rings is 1. The predicted octanol–water partition coefficient (Wildman–Crippen LogP) is 2.39. The van der Waals surface area contributed by atoms with Crippen LogP contribution in [-0.2, 0) is 19.0 Å². The normalized spacial score (nSPS) is 17.0. The first kappa shape index (κ1) is 18.2. The van der Waals surface area contributed by atoms with Gasteiger partial charge in [-0.2, -0.15) is 8.42 Å². The summed E-state index contributed by atoms with van der Waals surface area (Å²) in [6.07, 6.45) is 6.35. The number of amides is 1. The highest BCUT2D eigenvalue weighted by Gasteiger charge is 2.23. The number of hydrogen-bond acceptors (Lipinski definition) is 5. The van der Waals surface area contributed by atoms with Gasteiger partial charge in [0.25, 0.3) is 10.1 Å². The summed E-state index contributed by atoms with van der Waals surface area (Å²) >= 11 is 0. The number of nitrogens with zero attached hydrogens (tertiary/aromatic N) is 1. The van der Waals surface area contributed by atoms with E-state index in [0.29, 0.717) is 12.5 Å². The fourth-order valence-electron chi connectivity index (χ4n) is 2.38. The molecule has 1 rings (SSSR count). The number of rotatable bonds is 8. The van der Waals surface area contributed by atoms with E-state index in [1.165, 1.54) is 0 Å². The molecule has 1 saturated heterocycles. The van der Waals surface area contributed by atoms with E-state index in [1.54, 1.807) is 4.90 Å². The van der Waals surface area contributed by atoms with E-state index in [9.17, 15) is 13.2 Å². The van der Waals surface area contributed by atoms with Crippen molar-refractivity contribution in [3.63, 3.8) is 0 Å². The molecule has 0 aromatic rings. The Hall–Kier alpha value is -0.820. The number of likely N-dealkylation sites (tertiary alicyclic amines) is 1. The van der Waals surface area contributed by atoms with Gasteiger partial charge in [-0.05, 0) is 38.0 Å². The zero-order valence-electron chi connectivity index (χ0n) is 13.0. The summed E-state index contributed by atoms with van der Waals surface area (Å²) in [5.74, 6) is 0.535. The van der Waals surface area contributed by atoms with E-state index in [4.69, 9.17) is 8.92 Å². The quantitative estimate of drug-likeness (QED) is 0.507. The fourth-order valence-corrected chi connectivity index (χ4v) is 2.80. The zero-order chi connectivity index (χ0) is 15.7. The Morgan fingerprint density at radius 3 is 2.43 bits per heavy atom. The summed E-state index contributed by atoms with van der Waals surface area (Å²) in [6.45, 7) is 4.26. The van der Waals surface area contributed by atoms with Crippen LogP contribution in [0.5, 0.6) is 0 Å². The Balaban J connectivity index is 2.13. The highest BCUT2D eigenvalue weighted by molar-refractivity contribution is 7.85. The minimum Gasteiger partial charge on any atom is -0.449 e. The molecule has 0 aliphatic carbocycles. The van der Waals surface area contributed by atoms with E-state index in [-0.39, 0.29) is 12.7 Å². The van der Waals surface area contributed by atoms with Gasteiger partial charge >= 0.3 is 6.09 Å². The van der Waals surface area contributed by atoms with Crippen LogP contribution in [0.25, 0.3) is 0 Å². The molecule has 0 atom stereocenters. The lowest BCUT2D eigenvalue weighted by Gasteiger charge is -2.31. The summed E-state index contributed by atoms with van der Waals surface area (Å²) in [4.78, 5) is 13.5. The molecule has 0 bridgehead atoms. The van der Waals surface area contributed by atoms with Gasteiger partial charge in [-0.3, -0.25) is 4.18 Å². The molecule has 21 heavy (non-hydrogen) atoms. The summed E-state index contributed by atoms with van der Waals surface area (Å²) in [5, 5.41) is 0. The lowest BCUT2D eigenvalue weighted by atomic mass is 9.92. The Labute approximate surface area is 127 Å². The molecule has 0 spiro atoms. The van der Waals surface area contributed by atoms with Crippen LogP contribution in [0.15, 0.2) is 0 Å². The molecule has 7 heteroatoms. The van der Waals surface area contributed by atoms with E-state index >= 15 is 0 Å². The number of hydrogen-bond donors (Lipinski definition) is 0. The third-order valence-electron chi connectivity index (χ3n) is 3.65. The van der Waals surface area contributed by atoms with Crippen molar-refractivity contribution in [2.24, 2.45) is 5.92 Å². The minimum absolute atomic E-state index is 0.206. The third kappa shape index (κ3) is 8.26. The summed E-state index contributed by atoms with van der Waals surface area (Å²) in [7, 11) is -3.33. The molecule has 124 valence electrons. The highest BCUT2D eigenvalue weighted by Crippen LogP contribution is 2.22. The second-order valence-corrected chi connectivity index (χ2v) is 7.21. The van der Waals surface area contributed by atoms with Crippen molar-refractivity contribution in [1.82, 2.24) is 4.90 Å². The van der Waals surface area contributed by atoms with Gasteiger partial charge in [0, 0.05) is 13.1 Å². The number of ether oxygens (including phenoxy) is 1. The van der Waals surface area contributed by atoms with Gasteiger partial charge < -0.3 is 9.64 Å². The minimum atomic E-state index is -3.33. The van der Waals surface area contributed by atoms with Crippen molar-refractivity contribution < 1.29 is 22.1 Å². The molecule has 1 fully saturated rings. The molecule has 1 heterocycles.